The van der Waals surface area contributed by atoms with Crippen molar-refractivity contribution in [1.82, 2.24) is 0 Å². The van der Waals surface area contributed by atoms with Gasteiger partial charge in [-0.25, -0.2) is 0 Å². The minimum atomic E-state index is -0.566. The molecule has 5 atom stereocenters. The standard InChI is InChI=1S/C10H16O2.C10H14O.C7H15NO.2C5H8O.2C5H6.C4H8O.C2H7N.CH4O.6CH4.2ClH/c1-7-5-6-10(4,9(3)11)12-8(7)2;1-7(11)10(2)6-8-3-4-9(10)5-8;1-6(7(2)9)5-8(3)4;2*1-4(2)5(3)6;2*1-2-4-5-3-1;1-3-4(2)5;1-3-2;1-2;;;;;;;;/h5-6H2,1-4H3;3-4,8-9H,5-6H2,1-2H3;6H,5H2,1-4H3;2*1H2,2-3H3;2*1-4H,5H2;3H2,1-2H3;3H,1-2H3;2H,1H3;6*1H4;2*1H. The quantitative estimate of drug-likeness (QED) is 0.184. The van der Waals surface area contributed by atoms with E-state index in [-0.39, 0.29) is 110 Å². The molecule has 5 rings (SSSR count). The second-order valence-electron chi connectivity index (χ2n) is 17.3. The Labute approximate surface area is 459 Å². The molecule has 12 heteroatoms. The van der Waals surface area contributed by atoms with Crippen molar-refractivity contribution in [1.29, 1.82) is 0 Å². The first-order valence-electron chi connectivity index (χ1n) is 22.6. The highest BCUT2D eigenvalue weighted by Crippen LogP contribution is 2.52. The Morgan fingerprint density at radius 2 is 1.06 bits per heavy atom. The second-order valence-corrected chi connectivity index (χ2v) is 17.3. The van der Waals surface area contributed by atoms with E-state index in [0.717, 1.165) is 51.5 Å². The van der Waals surface area contributed by atoms with Crippen molar-refractivity contribution in [3.05, 3.63) is 96.4 Å². The van der Waals surface area contributed by atoms with Crippen LogP contribution < -0.4 is 35.0 Å². The first-order valence-corrected chi connectivity index (χ1v) is 22.6. The number of ketones is 6. The summed E-state index contributed by atoms with van der Waals surface area (Å²) in [6, 6.07) is 0. The van der Waals surface area contributed by atoms with E-state index in [1.54, 1.807) is 41.5 Å². The number of carbonyl (C=O) groups excluding carboxylic acids is 6. The summed E-state index contributed by atoms with van der Waals surface area (Å²) in [4.78, 5) is 64.4. The molecular formula is C60H118Cl2N2O8. The number of fused-ring (bicyclic) bond motifs is 2. The summed E-state index contributed by atoms with van der Waals surface area (Å²) in [5, 5.41) is 9.00. The normalized spacial score (nSPS) is 18.5. The molecule has 0 radical (unpaired) electrons. The van der Waals surface area contributed by atoms with Crippen LogP contribution >= 0.6 is 0 Å². The van der Waals surface area contributed by atoms with Gasteiger partial charge in [0, 0.05) is 18.9 Å². The molecule has 0 amide bonds. The number of Topliss-reactive ketones (excluding diaryl/α,β-unsaturated/α-hetero) is 6. The van der Waals surface area contributed by atoms with Gasteiger partial charge in [0.1, 0.15) is 17.3 Å². The maximum absolute atomic E-state index is 11.3. The highest BCUT2D eigenvalue weighted by molar-refractivity contribution is 5.92. The van der Waals surface area contributed by atoms with Crippen LogP contribution in [0.1, 0.15) is 186 Å². The summed E-state index contributed by atoms with van der Waals surface area (Å²) in [7, 11) is 9.11. The van der Waals surface area contributed by atoms with Gasteiger partial charge in [-0.1, -0.05) is 139 Å². The molecular weight excluding hydrogens is 948 g/mol. The van der Waals surface area contributed by atoms with Crippen molar-refractivity contribution in [3.8, 4) is 0 Å². The lowest BCUT2D eigenvalue weighted by Gasteiger charge is -2.33. The van der Waals surface area contributed by atoms with E-state index in [0.29, 0.717) is 35.2 Å². The van der Waals surface area contributed by atoms with Gasteiger partial charge in [-0.3, -0.25) is 24.0 Å². The Kier molecular flexibility index (Phi) is 83.9. The monoisotopic (exact) mass is 1060 g/mol. The molecule has 1 saturated carbocycles. The largest absolute Gasteiger partial charge is 1.00 e. The van der Waals surface area contributed by atoms with Crippen LogP contribution in [-0.2, 0) is 33.5 Å². The number of aliphatic hydroxyl groups is 1. The molecule has 0 saturated heterocycles. The summed E-state index contributed by atoms with van der Waals surface area (Å²) < 4.78 is 5.58. The number of aliphatic hydroxyl groups excluding tert-OH is 1. The van der Waals surface area contributed by atoms with Crippen LogP contribution in [0, 0.1) is 23.2 Å². The maximum Gasteiger partial charge on any atom is 0.172 e. The number of rotatable bonds is 8. The maximum atomic E-state index is 11.3. The summed E-state index contributed by atoms with van der Waals surface area (Å²) >= 11 is 0. The average Bonchev–Trinajstić information content (AvgIpc) is 4.08. The Morgan fingerprint density at radius 3 is 1.19 bits per heavy atom. The van der Waals surface area contributed by atoms with E-state index >= 15 is 0 Å². The summed E-state index contributed by atoms with van der Waals surface area (Å²) in [5.41, 5.74) is 1.92. The zero-order valence-electron chi connectivity index (χ0n) is 44.7. The minimum absolute atomic E-state index is 0. The van der Waals surface area contributed by atoms with Crippen molar-refractivity contribution in [3.63, 3.8) is 0 Å². The number of nitrogens with two attached hydrogens (primary N) is 1. The molecule has 5 unspecified atom stereocenters. The zero-order valence-corrected chi connectivity index (χ0v) is 46.2. The Bertz CT molecular complexity index is 1530. The minimum Gasteiger partial charge on any atom is -1.00 e. The lowest BCUT2D eigenvalue weighted by Crippen LogP contribution is -3.06. The lowest BCUT2D eigenvalue weighted by atomic mass is 9.75. The number of halogens is 2. The zero-order chi connectivity index (χ0) is 51.2. The van der Waals surface area contributed by atoms with Crippen molar-refractivity contribution < 1.29 is 73.6 Å². The molecule has 430 valence electrons. The molecule has 0 aromatic heterocycles. The summed E-state index contributed by atoms with van der Waals surface area (Å²) in [6.07, 6.45) is 28.3. The lowest BCUT2D eigenvalue weighted by molar-refractivity contribution is -0.860. The molecule has 0 spiro atoms. The highest BCUT2D eigenvalue weighted by Gasteiger charge is 2.47. The van der Waals surface area contributed by atoms with Gasteiger partial charge in [-0.05, 0) is 143 Å². The highest BCUT2D eigenvalue weighted by atomic mass is 35.5. The molecule has 1 aliphatic heterocycles. The molecule has 72 heavy (non-hydrogen) atoms. The van der Waals surface area contributed by atoms with Gasteiger partial charge in [0.2, 0.25) is 0 Å². The van der Waals surface area contributed by atoms with Gasteiger partial charge in [-0.15, -0.1) is 0 Å². The molecule has 2 bridgehead atoms. The number of allylic oxidation sites excluding steroid dienone is 14. The van der Waals surface area contributed by atoms with Crippen LogP contribution in [0.5, 0.6) is 0 Å². The van der Waals surface area contributed by atoms with Crippen molar-refractivity contribution in [2.24, 2.45) is 23.2 Å². The molecule has 0 aromatic carbocycles. The van der Waals surface area contributed by atoms with E-state index in [9.17, 15) is 28.8 Å². The number of carbonyl (C=O) groups is 6. The van der Waals surface area contributed by atoms with E-state index in [2.05, 4.69) is 102 Å². The number of ether oxygens (including phenoxy) is 1. The third-order valence-corrected chi connectivity index (χ3v) is 10.6. The second kappa shape index (κ2) is 59.8. The number of nitrogens with one attached hydrogen (secondary N) is 1. The number of hydrogen-bond acceptors (Lipinski definition) is 8. The molecule has 5 aliphatic rings. The Balaban J connectivity index is -0.0000000497. The molecule has 4 N–H and O–H groups in total. The summed E-state index contributed by atoms with van der Waals surface area (Å²) in [6.45, 7) is 32.5. The third kappa shape index (κ3) is 55.5. The summed E-state index contributed by atoms with van der Waals surface area (Å²) in [5.74, 6) is 3.54. The molecule has 10 nitrogen and oxygen atoms in total. The first-order chi connectivity index (χ1) is 29.6. The SMILES string of the molecule is C.C.C.C.C.C.C1=CCC=C1.C1=CCC=C1.C=C(C)C(C)=O.C=C(C)C(C)=O.CC(=O)C(C)C[NH+](C)C.CC(=O)C1(C)CC2C=CC1C2.CC(=O)C1(C)CCC(C)=C(C)O1.CCC(C)=O.CO.C[NH2+]C.[Cl-].[Cl-]. The molecule has 0 aromatic rings. The van der Waals surface area contributed by atoms with E-state index in [4.69, 9.17) is 9.84 Å². The fraction of sp³-hybridized carbons (Fsp3) is 0.633. The number of hydrogen-bond donors (Lipinski definition) is 3. The smallest absolute Gasteiger partial charge is 0.172 e. The van der Waals surface area contributed by atoms with Crippen LogP contribution in [0.25, 0.3) is 0 Å². The predicted molar refractivity (Wildman–Crippen MR) is 310 cm³/mol. The Morgan fingerprint density at radius 1 is 0.722 bits per heavy atom. The Hall–Kier alpha value is -3.80. The first kappa shape index (κ1) is 101. The van der Waals surface area contributed by atoms with Crippen LogP contribution in [0.3, 0.4) is 0 Å². The predicted octanol–water partition coefficient (Wildman–Crippen LogP) is 6.51. The number of quaternary nitrogens is 2. The van der Waals surface area contributed by atoms with E-state index in [1.807, 2.05) is 47.1 Å². The van der Waals surface area contributed by atoms with Crippen molar-refractivity contribution >= 4 is 34.7 Å². The third-order valence-electron chi connectivity index (χ3n) is 10.6. The van der Waals surface area contributed by atoms with Crippen molar-refractivity contribution in [2.45, 2.75) is 192 Å². The van der Waals surface area contributed by atoms with Crippen molar-refractivity contribution in [2.75, 3.05) is 41.8 Å². The van der Waals surface area contributed by atoms with Gasteiger partial charge in [-0.2, -0.15) is 0 Å². The van der Waals surface area contributed by atoms with Crippen LogP contribution in [-0.4, -0.2) is 87.3 Å². The van der Waals surface area contributed by atoms with Crippen LogP contribution in [0.4, 0.5) is 0 Å². The fourth-order valence-corrected chi connectivity index (χ4v) is 5.37. The van der Waals surface area contributed by atoms with Crippen LogP contribution in [0.15, 0.2) is 96.4 Å². The fourth-order valence-electron chi connectivity index (χ4n) is 5.37. The van der Waals surface area contributed by atoms with E-state index < -0.39 is 5.60 Å². The molecule has 4 aliphatic carbocycles. The van der Waals surface area contributed by atoms with Gasteiger partial charge in [0.05, 0.1) is 46.4 Å². The topological polar surface area (TPSA) is 153 Å². The van der Waals surface area contributed by atoms with Gasteiger partial charge in [0.15, 0.2) is 23.0 Å². The van der Waals surface area contributed by atoms with E-state index in [1.165, 1.54) is 30.7 Å². The molecule has 1 heterocycles. The molecule has 1 fully saturated rings. The van der Waals surface area contributed by atoms with Crippen LogP contribution in [0.2, 0.25) is 0 Å². The average molecular weight is 1070 g/mol. The van der Waals surface area contributed by atoms with Gasteiger partial charge >= 0.3 is 0 Å². The van der Waals surface area contributed by atoms with Gasteiger partial charge in [0.25, 0.3) is 0 Å². The van der Waals surface area contributed by atoms with Gasteiger partial charge < -0.3 is 49.7 Å².